The number of carbonyl (C=O) groups is 2. The van der Waals surface area contributed by atoms with Crippen molar-refractivity contribution in [1.29, 1.82) is 0 Å². The summed E-state index contributed by atoms with van der Waals surface area (Å²) in [7, 11) is 1.37. The first kappa shape index (κ1) is 18.7. The van der Waals surface area contributed by atoms with Crippen LogP contribution in [-0.2, 0) is 19.7 Å². The van der Waals surface area contributed by atoms with E-state index in [0.717, 1.165) is 43.1 Å². The number of hydrogen-bond acceptors (Lipinski definition) is 3. The normalized spacial score (nSPS) is 11.4. The average Bonchev–Trinajstić information content (AvgIpc) is 2.69. The number of carbonyl (C=O) groups excluding carboxylic acids is 2. The number of benzene rings is 2. The fourth-order valence-electron chi connectivity index (χ4n) is 3.04. The van der Waals surface area contributed by atoms with Crippen LogP contribution in [-0.4, -0.2) is 19.4 Å². The van der Waals surface area contributed by atoms with Crippen molar-refractivity contribution in [3.8, 4) is 0 Å². The summed E-state index contributed by atoms with van der Waals surface area (Å²) in [5.74, 6) is -0.337. The van der Waals surface area contributed by atoms with E-state index in [1.165, 1.54) is 13.2 Å². The predicted molar refractivity (Wildman–Crippen MR) is 99.4 cm³/mol. The van der Waals surface area contributed by atoms with Crippen LogP contribution in [0.1, 0.15) is 36.8 Å². The summed E-state index contributed by atoms with van der Waals surface area (Å²) in [4.78, 5) is 23.3. The van der Waals surface area contributed by atoms with E-state index < -0.39 is 5.41 Å². The lowest BCUT2D eigenvalue weighted by Crippen LogP contribution is -2.29. The summed E-state index contributed by atoms with van der Waals surface area (Å²) in [5.41, 5.74) is 1.40. The molecular formula is C22H24O3. The van der Waals surface area contributed by atoms with E-state index in [1.54, 1.807) is 0 Å². The molecule has 0 saturated carbocycles. The summed E-state index contributed by atoms with van der Waals surface area (Å²) in [6, 6.07) is 19.8. The van der Waals surface area contributed by atoms with Crippen molar-refractivity contribution in [2.75, 3.05) is 7.11 Å². The van der Waals surface area contributed by atoms with Crippen molar-refractivity contribution in [3.05, 3.63) is 83.9 Å². The van der Waals surface area contributed by atoms with Gasteiger partial charge in [0.05, 0.1) is 12.5 Å². The Morgan fingerprint density at radius 1 is 0.960 bits per heavy atom. The Bertz CT molecular complexity index is 650. The minimum absolute atomic E-state index is 0.337. The molecule has 0 aliphatic carbocycles. The van der Waals surface area contributed by atoms with E-state index in [0.29, 0.717) is 0 Å². The maximum Gasteiger partial charge on any atom is 0.330 e. The molecule has 0 N–H and O–H groups in total. The molecule has 0 bridgehead atoms. The van der Waals surface area contributed by atoms with E-state index in [2.05, 4.69) is 4.74 Å². The van der Waals surface area contributed by atoms with E-state index in [4.69, 9.17) is 0 Å². The van der Waals surface area contributed by atoms with Gasteiger partial charge in [-0.25, -0.2) is 4.79 Å². The molecule has 2 rings (SSSR count). The van der Waals surface area contributed by atoms with Gasteiger partial charge in [0, 0.05) is 6.08 Å². The first-order valence-electron chi connectivity index (χ1n) is 8.55. The standard InChI is InChI=1S/C22H24O3/c1-25-21(24)16-10-2-3-11-17-22(18-23,19-12-6-4-7-13-19)20-14-8-5-9-15-20/h4-10,12-16,18H,2-3,11,17H2,1H3. The summed E-state index contributed by atoms with van der Waals surface area (Å²) < 4.78 is 4.57. The minimum Gasteiger partial charge on any atom is -0.466 e. The number of rotatable bonds is 9. The number of esters is 1. The highest BCUT2D eigenvalue weighted by atomic mass is 16.5. The van der Waals surface area contributed by atoms with Gasteiger partial charge in [0.1, 0.15) is 6.29 Å². The van der Waals surface area contributed by atoms with Crippen LogP contribution < -0.4 is 0 Å². The van der Waals surface area contributed by atoms with Crippen molar-refractivity contribution in [2.45, 2.75) is 31.1 Å². The van der Waals surface area contributed by atoms with Crippen molar-refractivity contribution in [1.82, 2.24) is 0 Å². The second-order valence-electron chi connectivity index (χ2n) is 5.99. The average molecular weight is 336 g/mol. The zero-order chi connectivity index (χ0) is 18.0. The van der Waals surface area contributed by atoms with Gasteiger partial charge in [-0.1, -0.05) is 73.2 Å². The smallest absolute Gasteiger partial charge is 0.330 e. The summed E-state index contributed by atoms with van der Waals surface area (Å²) in [6.45, 7) is 0. The molecular weight excluding hydrogens is 312 g/mol. The van der Waals surface area contributed by atoms with Gasteiger partial charge in [-0.2, -0.15) is 0 Å². The fraction of sp³-hybridized carbons (Fsp3) is 0.273. The van der Waals surface area contributed by atoms with Crippen LogP contribution in [0.5, 0.6) is 0 Å². The Balaban J connectivity index is 2.12. The first-order valence-corrected chi connectivity index (χ1v) is 8.55. The van der Waals surface area contributed by atoms with Crippen LogP contribution in [0.25, 0.3) is 0 Å². The molecule has 130 valence electrons. The Morgan fingerprint density at radius 3 is 2.00 bits per heavy atom. The molecule has 2 aromatic carbocycles. The molecule has 0 spiro atoms. The number of allylic oxidation sites excluding steroid dienone is 1. The molecule has 0 heterocycles. The molecule has 0 saturated heterocycles. The number of aldehydes is 1. The largest absolute Gasteiger partial charge is 0.466 e. The SMILES string of the molecule is COC(=O)C=CCCCCC(C=O)(c1ccccc1)c1ccccc1. The van der Waals surface area contributed by atoms with Gasteiger partial charge in [-0.05, 0) is 30.4 Å². The Labute approximate surface area is 149 Å². The third-order valence-corrected chi connectivity index (χ3v) is 4.43. The third kappa shape index (κ3) is 4.90. The quantitative estimate of drug-likeness (QED) is 0.294. The molecule has 2 aromatic rings. The lowest BCUT2D eigenvalue weighted by molar-refractivity contribution is -0.134. The van der Waals surface area contributed by atoms with Crippen molar-refractivity contribution < 1.29 is 14.3 Å². The van der Waals surface area contributed by atoms with Gasteiger partial charge in [-0.3, -0.25) is 0 Å². The Hall–Kier alpha value is -2.68. The van der Waals surface area contributed by atoms with Crippen LogP contribution >= 0.6 is 0 Å². The number of methoxy groups -OCH3 is 1. The minimum atomic E-state index is -0.630. The van der Waals surface area contributed by atoms with Gasteiger partial charge in [-0.15, -0.1) is 0 Å². The van der Waals surface area contributed by atoms with E-state index in [1.807, 2.05) is 66.7 Å². The second kappa shape index (κ2) is 9.58. The number of ether oxygens (including phenoxy) is 1. The molecule has 0 aliphatic rings. The van der Waals surface area contributed by atoms with Crippen molar-refractivity contribution in [3.63, 3.8) is 0 Å². The lowest BCUT2D eigenvalue weighted by atomic mass is 9.72. The molecule has 25 heavy (non-hydrogen) atoms. The van der Waals surface area contributed by atoms with Gasteiger partial charge in [0.25, 0.3) is 0 Å². The molecule has 3 nitrogen and oxygen atoms in total. The van der Waals surface area contributed by atoms with Crippen LogP contribution in [0, 0.1) is 0 Å². The van der Waals surface area contributed by atoms with E-state index in [-0.39, 0.29) is 5.97 Å². The maximum atomic E-state index is 12.2. The zero-order valence-corrected chi connectivity index (χ0v) is 14.6. The number of unbranched alkanes of at least 4 members (excludes halogenated alkanes) is 2. The van der Waals surface area contributed by atoms with Crippen molar-refractivity contribution in [2.24, 2.45) is 0 Å². The van der Waals surface area contributed by atoms with Gasteiger partial charge < -0.3 is 9.53 Å². The molecule has 0 aromatic heterocycles. The number of hydrogen-bond donors (Lipinski definition) is 0. The third-order valence-electron chi connectivity index (χ3n) is 4.43. The maximum absolute atomic E-state index is 12.2. The first-order chi connectivity index (χ1) is 12.2. The highest BCUT2D eigenvalue weighted by Gasteiger charge is 2.33. The van der Waals surface area contributed by atoms with Crippen LogP contribution in [0.2, 0.25) is 0 Å². The summed E-state index contributed by atoms with van der Waals surface area (Å²) in [5, 5.41) is 0. The predicted octanol–water partition coefficient (Wildman–Crippen LogP) is 4.46. The van der Waals surface area contributed by atoms with E-state index >= 15 is 0 Å². The fourth-order valence-corrected chi connectivity index (χ4v) is 3.04. The van der Waals surface area contributed by atoms with E-state index in [9.17, 15) is 9.59 Å². The van der Waals surface area contributed by atoms with Gasteiger partial charge in [0.2, 0.25) is 0 Å². The van der Waals surface area contributed by atoms with Crippen LogP contribution in [0.3, 0.4) is 0 Å². The van der Waals surface area contributed by atoms with Crippen LogP contribution in [0.4, 0.5) is 0 Å². The van der Waals surface area contributed by atoms with Crippen LogP contribution in [0.15, 0.2) is 72.8 Å². The second-order valence-corrected chi connectivity index (χ2v) is 5.99. The molecule has 0 fully saturated rings. The summed E-state index contributed by atoms with van der Waals surface area (Å²) in [6.07, 6.45) is 7.64. The van der Waals surface area contributed by atoms with Gasteiger partial charge >= 0.3 is 5.97 Å². The Morgan fingerprint density at radius 2 is 1.52 bits per heavy atom. The molecule has 3 heteroatoms. The lowest BCUT2D eigenvalue weighted by Gasteiger charge is -2.29. The van der Waals surface area contributed by atoms with Gasteiger partial charge in [0.15, 0.2) is 0 Å². The van der Waals surface area contributed by atoms with Crippen molar-refractivity contribution >= 4 is 12.3 Å². The molecule has 0 amide bonds. The molecule has 0 atom stereocenters. The summed E-state index contributed by atoms with van der Waals surface area (Å²) >= 11 is 0. The monoisotopic (exact) mass is 336 g/mol. The molecule has 0 radical (unpaired) electrons. The topological polar surface area (TPSA) is 43.4 Å². The highest BCUT2D eigenvalue weighted by Crippen LogP contribution is 2.35. The Kier molecular flexibility index (Phi) is 7.15. The zero-order valence-electron chi connectivity index (χ0n) is 14.6. The molecule has 0 aliphatic heterocycles. The highest BCUT2D eigenvalue weighted by molar-refractivity contribution is 5.81. The molecule has 0 unspecified atom stereocenters.